The van der Waals surface area contributed by atoms with Gasteiger partial charge in [-0.1, -0.05) is 36.4 Å². The summed E-state index contributed by atoms with van der Waals surface area (Å²) < 4.78 is 0. The maximum absolute atomic E-state index is 12.9. The molecule has 2 heterocycles. The zero-order chi connectivity index (χ0) is 17.9. The fraction of sp³-hybridized carbons (Fsp3) is 0.409. The van der Waals surface area contributed by atoms with Crippen LogP contribution < -0.4 is 9.80 Å². The Balaban J connectivity index is 1.49. The van der Waals surface area contributed by atoms with Crippen LogP contribution in [0.25, 0.3) is 0 Å². The molecule has 0 saturated carbocycles. The van der Waals surface area contributed by atoms with E-state index in [0.717, 1.165) is 51.3 Å². The van der Waals surface area contributed by atoms with Gasteiger partial charge in [0.25, 0.3) is 0 Å². The Morgan fingerprint density at radius 3 is 2.35 bits per heavy atom. The van der Waals surface area contributed by atoms with Gasteiger partial charge >= 0.3 is 0 Å². The van der Waals surface area contributed by atoms with Crippen molar-refractivity contribution in [2.24, 2.45) is 5.92 Å². The topological polar surface area (TPSA) is 26.8 Å². The van der Waals surface area contributed by atoms with Gasteiger partial charge in [-0.25, -0.2) is 0 Å². The molecule has 2 fully saturated rings. The fourth-order valence-corrected chi connectivity index (χ4v) is 4.10. The zero-order valence-electron chi connectivity index (χ0n) is 15.5. The normalized spacial score (nSPS) is 21.4. The van der Waals surface area contributed by atoms with E-state index in [4.69, 9.17) is 0 Å². The summed E-state index contributed by atoms with van der Waals surface area (Å²) in [5.74, 6) is 0.355. The Bertz CT molecular complexity index is 753. The summed E-state index contributed by atoms with van der Waals surface area (Å²) in [5, 5.41) is 0. The van der Waals surface area contributed by atoms with Crippen LogP contribution in [0, 0.1) is 5.92 Å². The Hall–Kier alpha value is -2.33. The van der Waals surface area contributed by atoms with Crippen molar-refractivity contribution >= 4 is 17.3 Å². The molecule has 1 unspecified atom stereocenters. The Labute approximate surface area is 156 Å². The first-order chi connectivity index (χ1) is 12.7. The van der Waals surface area contributed by atoms with E-state index < -0.39 is 0 Å². The molecule has 0 N–H and O–H groups in total. The summed E-state index contributed by atoms with van der Waals surface area (Å²) in [5.41, 5.74) is 3.64. The third-order valence-corrected chi connectivity index (χ3v) is 5.69. The molecule has 136 valence electrons. The average molecular weight is 348 g/mol. The van der Waals surface area contributed by atoms with E-state index in [9.17, 15) is 4.79 Å². The molecule has 4 heteroatoms. The molecule has 2 saturated heterocycles. The van der Waals surface area contributed by atoms with E-state index >= 15 is 0 Å². The number of para-hydroxylation sites is 2. The number of rotatable bonds is 4. The highest BCUT2D eigenvalue weighted by Gasteiger charge is 2.33. The summed E-state index contributed by atoms with van der Waals surface area (Å²) in [7, 11) is 2.18. The number of hydrogen-bond donors (Lipinski definition) is 0. The van der Waals surface area contributed by atoms with E-state index in [2.05, 4.69) is 41.1 Å². The van der Waals surface area contributed by atoms with Crippen molar-refractivity contribution in [3.05, 3.63) is 60.2 Å². The minimum Gasteiger partial charge on any atom is -0.369 e. The van der Waals surface area contributed by atoms with Crippen LogP contribution in [0.2, 0.25) is 0 Å². The van der Waals surface area contributed by atoms with E-state index in [-0.39, 0.29) is 11.8 Å². The lowest BCUT2D eigenvalue weighted by Crippen LogP contribution is -2.44. The second-order valence-corrected chi connectivity index (χ2v) is 7.43. The highest BCUT2D eigenvalue weighted by Crippen LogP contribution is 2.31. The molecule has 0 aliphatic carbocycles. The predicted molar refractivity (Wildman–Crippen MR) is 107 cm³/mol. The number of amides is 1. The van der Waals surface area contributed by atoms with Crippen LogP contribution in [-0.2, 0) is 11.2 Å². The van der Waals surface area contributed by atoms with Gasteiger partial charge in [-0.3, -0.25) is 4.79 Å². The molecule has 0 spiro atoms. The second-order valence-electron chi connectivity index (χ2n) is 7.43. The lowest BCUT2D eigenvalue weighted by Gasteiger charge is -2.35. The van der Waals surface area contributed by atoms with Crippen molar-refractivity contribution in [1.82, 2.24) is 4.90 Å². The molecule has 1 atom stereocenters. The smallest absolute Gasteiger partial charge is 0.230 e. The van der Waals surface area contributed by atoms with Crippen molar-refractivity contribution in [2.75, 3.05) is 49.6 Å². The van der Waals surface area contributed by atoms with Crippen LogP contribution in [0.3, 0.4) is 0 Å². The molecule has 0 radical (unpaired) electrons. The number of benzene rings is 2. The number of likely N-dealkylation sites (N-methyl/N-ethyl adjacent to an activating group) is 1. The van der Waals surface area contributed by atoms with Gasteiger partial charge in [0, 0.05) is 50.0 Å². The number of piperazine rings is 1. The number of carbonyl (C=O) groups is 1. The third-order valence-electron chi connectivity index (χ3n) is 5.69. The van der Waals surface area contributed by atoms with Gasteiger partial charge in [0.05, 0.1) is 0 Å². The van der Waals surface area contributed by atoms with Crippen molar-refractivity contribution in [3.8, 4) is 0 Å². The Kier molecular flexibility index (Phi) is 4.93. The molecular formula is C22H27N3O. The molecule has 2 aliphatic heterocycles. The number of anilines is 2. The fourth-order valence-electron chi connectivity index (χ4n) is 4.10. The maximum Gasteiger partial charge on any atom is 0.230 e. The molecule has 2 aliphatic rings. The standard InChI is InChI=1S/C22H27N3O/c1-23-13-15-24(16-14-23)21-10-6-5-7-18(21)17-19-11-12-25(22(19)26)20-8-3-2-4-9-20/h2-10,19H,11-17H2,1H3/i1-1. The number of hydrogen-bond acceptors (Lipinski definition) is 3. The van der Waals surface area contributed by atoms with Gasteiger partial charge in [0.15, 0.2) is 0 Å². The Morgan fingerprint density at radius 2 is 1.58 bits per heavy atom. The SMILES string of the molecule is [11CH3]N1CCN(c2ccccc2CC2CCN(c3ccccc3)C2=O)CC1. The van der Waals surface area contributed by atoms with Crippen molar-refractivity contribution in [1.29, 1.82) is 0 Å². The quantitative estimate of drug-likeness (QED) is 0.850. The van der Waals surface area contributed by atoms with Crippen LogP contribution in [0.4, 0.5) is 11.4 Å². The van der Waals surface area contributed by atoms with E-state index in [1.807, 2.05) is 35.2 Å². The van der Waals surface area contributed by atoms with Gasteiger partial charge in [0.2, 0.25) is 5.91 Å². The maximum atomic E-state index is 12.9. The van der Waals surface area contributed by atoms with E-state index in [0.29, 0.717) is 0 Å². The zero-order valence-corrected chi connectivity index (χ0v) is 15.5. The van der Waals surface area contributed by atoms with Crippen molar-refractivity contribution < 1.29 is 4.79 Å². The second kappa shape index (κ2) is 7.50. The number of carbonyl (C=O) groups excluding carboxylic acids is 1. The molecular weight excluding hydrogens is 321 g/mol. The van der Waals surface area contributed by atoms with Crippen LogP contribution in [0.1, 0.15) is 12.0 Å². The van der Waals surface area contributed by atoms with Gasteiger partial charge in [-0.05, 0) is 43.7 Å². The Morgan fingerprint density at radius 1 is 0.885 bits per heavy atom. The van der Waals surface area contributed by atoms with Crippen LogP contribution >= 0.6 is 0 Å². The predicted octanol–water partition coefficient (Wildman–Crippen LogP) is 3.03. The largest absolute Gasteiger partial charge is 0.369 e. The minimum atomic E-state index is 0.0869. The van der Waals surface area contributed by atoms with Gasteiger partial charge in [-0.2, -0.15) is 0 Å². The number of nitrogens with zero attached hydrogens (tertiary/aromatic N) is 3. The molecule has 1 amide bonds. The summed E-state index contributed by atoms with van der Waals surface area (Å²) in [6.45, 7) is 5.13. The summed E-state index contributed by atoms with van der Waals surface area (Å²) in [6.07, 6.45) is 1.77. The van der Waals surface area contributed by atoms with E-state index in [1.54, 1.807) is 0 Å². The van der Waals surface area contributed by atoms with Gasteiger partial charge in [0.1, 0.15) is 0 Å². The van der Waals surface area contributed by atoms with Crippen molar-refractivity contribution in [3.63, 3.8) is 0 Å². The molecule has 2 aromatic carbocycles. The molecule has 2 aromatic rings. The van der Waals surface area contributed by atoms with Crippen LogP contribution in [0.5, 0.6) is 0 Å². The lowest BCUT2D eigenvalue weighted by atomic mass is 9.96. The van der Waals surface area contributed by atoms with Crippen molar-refractivity contribution in [2.45, 2.75) is 12.8 Å². The first-order valence-electron chi connectivity index (χ1n) is 9.60. The monoisotopic (exact) mass is 348 g/mol. The molecule has 26 heavy (non-hydrogen) atoms. The molecule has 4 rings (SSSR count). The average Bonchev–Trinajstić information content (AvgIpc) is 3.04. The van der Waals surface area contributed by atoms with Gasteiger partial charge < -0.3 is 14.7 Å². The summed E-state index contributed by atoms with van der Waals surface area (Å²) in [6, 6.07) is 18.7. The summed E-state index contributed by atoms with van der Waals surface area (Å²) >= 11 is 0. The van der Waals surface area contributed by atoms with Gasteiger partial charge in [-0.15, -0.1) is 0 Å². The van der Waals surface area contributed by atoms with Crippen LogP contribution in [0.15, 0.2) is 54.6 Å². The molecule has 0 bridgehead atoms. The first-order valence-corrected chi connectivity index (χ1v) is 9.60. The minimum absolute atomic E-state index is 0.0869. The van der Waals surface area contributed by atoms with Crippen LogP contribution in [-0.4, -0.2) is 50.6 Å². The first kappa shape index (κ1) is 17.1. The third kappa shape index (κ3) is 3.47. The molecule has 0 aromatic heterocycles. The lowest BCUT2D eigenvalue weighted by molar-refractivity contribution is -0.120. The highest BCUT2D eigenvalue weighted by molar-refractivity contribution is 5.97. The van der Waals surface area contributed by atoms with E-state index in [1.165, 1.54) is 11.3 Å². The molecule has 4 nitrogen and oxygen atoms in total. The summed E-state index contributed by atoms with van der Waals surface area (Å²) in [4.78, 5) is 19.7. The highest BCUT2D eigenvalue weighted by atomic mass is 16.2.